The topological polar surface area (TPSA) is 0 Å². The van der Waals surface area contributed by atoms with Crippen LogP contribution >= 0.6 is 37.2 Å². The predicted octanol–water partition coefficient (Wildman–Crippen LogP) is 12.9. The van der Waals surface area contributed by atoms with Gasteiger partial charge >= 0.3 is 304 Å². The first kappa shape index (κ1) is 47.0. The molecule has 4 rings (SSSR count). The van der Waals surface area contributed by atoms with Crippen molar-refractivity contribution in [2.75, 3.05) is 0 Å². The summed E-state index contributed by atoms with van der Waals surface area (Å²) in [7, 11) is -2.87. The van der Waals surface area contributed by atoms with Gasteiger partial charge in [0.1, 0.15) is 0 Å². The standard InChI is InChI=1S/C45H63Si.3ClH.Ti/c1-28(2)34-19-35(29(3)4)23-40(22-34)46(44-18-16-17-43(44)45(13,14)15,41-24-36(30(5)6)20-37(25-41)31(7)8)42-26-38(32(9)10)21-39(27-42)33(11)12;;;;/h18-33H,16H2,1-15H3;3*1H;. The van der Waals surface area contributed by atoms with Crippen molar-refractivity contribution in [3.63, 3.8) is 0 Å². The van der Waals surface area contributed by atoms with Crippen LogP contribution in [0.15, 0.2) is 75.3 Å². The van der Waals surface area contributed by atoms with Gasteiger partial charge in [0.25, 0.3) is 0 Å². The van der Waals surface area contributed by atoms with Crippen molar-refractivity contribution in [1.29, 1.82) is 0 Å². The van der Waals surface area contributed by atoms with Crippen molar-refractivity contribution < 1.29 is 20.4 Å². The fraction of sp³-hybridized carbons (Fsp3) is 0.511. The molecule has 0 unspecified atom stereocenters. The molecule has 1 aliphatic carbocycles. The second-order valence-electron chi connectivity index (χ2n) is 17.3. The molecule has 5 heteroatoms. The average Bonchev–Trinajstić information content (AvgIpc) is 3.38. The largest absolute Gasteiger partial charge is 0.147 e. The summed E-state index contributed by atoms with van der Waals surface area (Å²) in [6, 6.07) is 23.4. The molecule has 0 aromatic heterocycles. The van der Waals surface area contributed by atoms with Gasteiger partial charge in [-0.2, -0.15) is 0 Å². The maximum absolute atomic E-state index is 2.87. The summed E-state index contributed by atoms with van der Waals surface area (Å²) in [5, 5.41) is 6.30. The van der Waals surface area contributed by atoms with Crippen molar-refractivity contribution in [2.24, 2.45) is 5.41 Å². The molecule has 0 bridgehead atoms. The normalized spacial score (nSPS) is 13.7. The van der Waals surface area contributed by atoms with Crippen molar-refractivity contribution in [1.82, 2.24) is 0 Å². The number of halogens is 3. The second-order valence-corrected chi connectivity index (χ2v) is 22.0. The molecule has 0 nitrogen and oxygen atoms in total. The van der Waals surface area contributed by atoms with E-state index in [-0.39, 0.29) is 42.6 Å². The molecule has 50 heavy (non-hydrogen) atoms. The maximum atomic E-state index is 2.67. The SMILES string of the molecule is CC(C)c1cc(C(C)C)cc([Si](C2=CC[C]([Ti])=C2C(C)(C)C)(c2cc(C(C)C)cc(C(C)C)c2)c2cc(C(C)C)cc(C(C)C)c2)c1.Cl.Cl.Cl. The summed E-state index contributed by atoms with van der Waals surface area (Å²) < 4.78 is 1.54. The Morgan fingerprint density at radius 2 is 0.700 bits per heavy atom. The zero-order chi connectivity index (χ0) is 35.2. The van der Waals surface area contributed by atoms with E-state index in [1.807, 2.05) is 0 Å². The third kappa shape index (κ3) is 9.53. The van der Waals surface area contributed by atoms with Gasteiger partial charge in [0.05, 0.1) is 0 Å². The van der Waals surface area contributed by atoms with E-state index in [2.05, 4.69) is 185 Å². The Labute approximate surface area is 338 Å². The number of allylic oxidation sites excluding steroid dienone is 4. The Morgan fingerprint density at radius 1 is 0.460 bits per heavy atom. The fourth-order valence-electron chi connectivity index (χ4n) is 7.41. The molecule has 0 amide bonds. The molecule has 275 valence electrons. The van der Waals surface area contributed by atoms with Crippen molar-refractivity contribution in [2.45, 2.75) is 146 Å². The fourth-order valence-corrected chi connectivity index (χ4v) is 14.1. The molecule has 0 fully saturated rings. The third-order valence-electron chi connectivity index (χ3n) is 10.5. The summed E-state index contributed by atoms with van der Waals surface area (Å²) >= 11 is 2.40. The number of hydrogen-bond acceptors (Lipinski definition) is 0. The van der Waals surface area contributed by atoms with E-state index < -0.39 is 8.07 Å². The molecular weight excluding hydrogens is 723 g/mol. The molecule has 0 N–H and O–H groups in total. The van der Waals surface area contributed by atoms with Crippen LogP contribution in [0.25, 0.3) is 0 Å². The van der Waals surface area contributed by atoms with Crippen LogP contribution in [-0.4, -0.2) is 8.07 Å². The summed E-state index contributed by atoms with van der Waals surface area (Å²) in [4.78, 5) is 0. The first-order valence-electron chi connectivity index (χ1n) is 18.4. The van der Waals surface area contributed by atoms with Gasteiger partial charge in [0.15, 0.2) is 0 Å². The van der Waals surface area contributed by atoms with E-state index in [0.29, 0.717) is 35.5 Å². The third-order valence-corrected chi connectivity index (χ3v) is 15.9. The average molecular weight is 789 g/mol. The molecule has 0 radical (unpaired) electrons. The first-order chi connectivity index (χ1) is 21.8. The van der Waals surface area contributed by atoms with Crippen LogP contribution < -0.4 is 15.6 Å². The van der Waals surface area contributed by atoms with Gasteiger partial charge in [0, 0.05) is 0 Å². The van der Waals surface area contributed by atoms with Gasteiger partial charge in [-0.05, 0) is 0 Å². The molecular formula is C45H66Cl3SiTi. The Bertz CT molecular complexity index is 1440. The van der Waals surface area contributed by atoms with E-state index in [0.717, 1.165) is 6.42 Å². The summed E-state index contributed by atoms with van der Waals surface area (Å²) in [5.41, 5.74) is 10.4. The quantitative estimate of drug-likeness (QED) is 0.142. The van der Waals surface area contributed by atoms with Crippen LogP contribution in [-0.2, 0) is 20.4 Å². The van der Waals surface area contributed by atoms with E-state index >= 15 is 0 Å². The van der Waals surface area contributed by atoms with Crippen LogP contribution in [0.4, 0.5) is 0 Å². The molecule has 3 aromatic carbocycles. The summed E-state index contributed by atoms with van der Waals surface area (Å²) in [5.74, 6) is 2.74. The van der Waals surface area contributed by atoms with E-state index in [4.69, 9.17) is 0 Å². The smallest absolute Gasteiger partial charge is 0.147 e. The zero-order valence-corrected chi connectivity index (χ0v) is 38.7. The van der Waals surface area contributed by atoms with E-state index in [1.54, 1.807) is 30.2 Å². The molecule has 0 heterocycles. The number of benzene rings is 3. The van der Waals surface area contributed by atoms with Gasteiger partial charge in [0.2, 0.25) is 0 Å². The van der Waals surface area contributed by atoms with Gasteiger partial charge in [-0.25, -0.2) is 0 Å². The van der Waals surface area contributed by atoms with Crippen LogP contribution in [0.3, 0.4) is 0 Å². The molecule has 1 aliphatic rings. The van der Waals surface area contributed by atoms with Gasteiger partial charge < -0.3 is 0 Å². The van der Waals surface area contributed by atoms with Gasteiger partial charge in [-0.3, -0.25) is 0 Å². The van der Waals surface area contributed by atoms with Crippen molar-refractivity contribution in [3.8, 4) is 0 Å². The summed E-state index contributed by atoms with van der Waals surface area (Å²) in [6.45, 7) is 35.8. The summed E-state index contributed by atoms with van der Waals surface area (Å²) in [6.07, 6.45) is 3.72. The number of hydrogen-bond donors (Lipinski definition) is 0. The van der Waals surface area contributed by atoms with Crippen molar-refractivity contribution >= 4 is 60.9 Å². The minimum absolute atomic E-state index is 0. The molecule has 0 saturated carbocycles. The van der Waals surface area contributed by atoms with Gasteiger partial charge in [-0.1, -0.05) is 0 Å². The Balaban J connectivity index is 0.00000417. The maximum Gasteiger partial charge on any atom is -0.147 e. The molecule has 3 aromatic rings. The zero-order valence-electron chi connectivity index (χ0n) is 33.7. The molecule has 0 spiro atoms. The van der Waals surface area contributed by atoms with Crippen LogP contribution in [0.2, 0.25) is 0 Å². The molecule has 0 aliphatic heterocycles. The van der Waals surface area contributed by atoms with Crippen LogP contribution in [0.1, 0.15) is 179 Å². The minimum atomic E-state index is -2.87. The molecule has 0 atom stereocenters. The van der Waals surface area contributed by atoms with Gasteiger partial charge in [-0.15, -0.1) is 37.2 Å². The Kier molecular flexibility index (Phi) is 17.2. The predicted molar refractivity (Wildman–Crippen MR) is 229 cm³/mol. The molecule has 0 saturated heterocycles. The van der Waals surface area contributed by atoms with E-state index in [9.17, 15) is 0 Å². The second kappa shape index (κ2) is 18.3. The Morgan fingerprint density at radius 3 is 0.900 bits per heavy atom. The van der Waals surface area contributed by atoms with Crippen LogP contribution in [0.5, 0.6) is 0 Å². The Hall–Kier alpha value is -1.06. The van der Waals surface area contributed by atoms with Crippen LogP contribution in [0, 0.1) is 5.41 Å². The minimum Gasteiger partial charge on any atom is -0.147 e. The monoisotopic (exact) mass is 787 g/mol. The first-order valence-corrected chi connectivity index (χ1v) is 21.2. The van der Waals surface area contributed by atoms with E-state index in [1.165, 1.54) is 33.4 Å². The van der Waals surface area contributed by atoms with Crippen molar-refractivity contribution in [3.05, 3.63) is 109 Å². The number of rotatable bonds is 10.